The molecule has 3 atom stereocenters. The Bertz CT molecular complexity index is 424. The molecule has 1 heterocycles. The first-order valence-corrected chi connectivity index (χ1v) is 7.60. The van der Waals surface area contributed by atoms with Crippen LogP contribution in [0.1, 0.15) is 31.9 Å². The van der Waals surface area contributed by atoms with Crippen LogP contribution in [0.3, 0.4) is 0 Å². The van der Waals surface area contributed by atoms with Gasteiger partial charge in [-0.2, -0.15) is 0 Å². The number of hydrogen-bond acceptors (Lipinski definition) is 2. The molecule has 1 saturated heterocycles. The number of nitrogens with zero attached hydrogens (tertiary/aromatic N) is 1. The van der Waals surface area contributed by atoms with Crippen molar-refractivity contribution in [3.05, 3.63) is 33.3 Å². The van der Waals surface area contributed by atoms with E-state index in [1.165, 1.54) is 12.0 Å². The molecule has 0 aromatic heterocycles. The van der Waals surface area contributed by atoms with E-state index >= 15 is 0 Å². The molecule has 1 aromatic carbocycles. The molecule has 1 aliphatic rings. The molecule has 0 amide bonds. The standard InChI is InChI=1S/C14H20BrClN2/c1-9-5-10(2)18(8-9)14(7-17)12-4-3-11(16)6-13(12)15/h3-4,6,9-10,14H,5,7-8,17H2,1-2H3. The van der Waals surface area contributed by atoms with E-state index in [2.05, 4.69) is 40.7 Å². The topological polar surface area (TPSA) is 29.3 Å². The molecule has 1 aliphatic heterocycles. The highest BCUT2D eigenvalue weighted by atomic mass is 79.9. The van der Waals surface area contributed by atoms with Crippen LogP contribution >= 0.6 is 27.5 Å². The number of rotatable bonds is 3. The summed E-state index contributed by atoms with van der Waals surface area (Å²) in [5.41, 5.74) is 7.24. The van der Waals surface area contributed by atoms with Crippen molar-refractivity contribution in [3.8, 4) is 0 Å². The zero-order chi connectivity index (χ0) is 13.3. The van der Waals surface area contributed by atoms with Crippen LogP contribution in [0.5, 0.6) is 0 Å². The fraction of sp³-hybridized carbons (Fsp3) is 0.571. The lowest BCUT2D eigenvalue weighted by Crippen LogP contribution is -2.36. The van der Waals surface area contributed by atoms with Crippen LogP contribution in [0.2, 0.25) is 5.02 Å². The summed E-state index contributed by atoms with van der Waals surface area (Å²) in [4.78, 5) is 2.51. The normalized spacial score (nSPS) is 26.5. The van der Waals surface area contributed by atoms with Crippen LogP contribution in [0.4, 0.5) is 0 Å². The lowest BCUT2D eigenvalue weighted by atomic mass is 10.0. The molecule has 18 heavy (non-hydrogen) atoms. The molecule has 2 rings (SSSR count). The quantitative estimate of drug-likeness (QED) is 0.912. The maximum atomic E-state index is 6.00. The van der Waals surface area contributed by atoms with Crippen LogP contribution in [0.25, 0.3) is 0 Å². The Morgan fingerprint density at radius 2 is 2.22 bits per heavy atom. The highest BCUT2D eigenvalue weighted by molar-refractivity contribution is 9.10. The first-order chi connectivity index (χ1) is 8.52. The van der Waals surface area contributed by atoms with E-state index in [0.29, 0.717) is 12.6 Å². The van der Waals surface area contributed by atoms with Crippen LogP contribution in [0.15, 0.2) is 22.7 Å². The van der Waals surface area contributed by atoms with Gasteiger partial charge in [-0.25, -0.2) is 0 Å². The molecule has 0 bridgehead atoms. The summed E-state index contributed by atoms with van der Waals surface area (Å²) in [7, 11) is 0. The lowest BCUT2D eigenvalue weighted by molar-refractivity contribution is 0.192. The van der Waals surface area contributed by atoms with E-state index in [0.717, 1.165) is 22.0 Å². The van der Waals surface area contributed by atoms with Gasteiger partial charge in [0.25, 0.3) is 0 Å². The van der Waals surface area contributed by atoms with Crippen LogP contribution < -0.4 is 5.73 Å². The molecular weight excluding hydrogens is 312 g/mol. The fourth-order valence-corrected chi connectivity index (χ4v) is 3.93. The van der Waals surface area contributed by atoms with E-state index in [-0.39, 0.29) is 6.04 Å². The van der Waals surface area contributed by atoms with Gasteiger partial charge in [0.05, 0.1) is 0 Å². The highest BCUT2D eigenvalue weighted by Gasteiger charge is 2.32. The molecule has 2 N–H and O–H groups in total. The summed E-state index contributed by atoms with van der Waals surface area (Å²) in [5.74, 6) is 0.750. The van der Waals surface area contributed by atoms with Gasteiger partial charge in [-0.05, 0) is 37.0 Å². The van der Waals surface area contributed by atoms with Gasteiger partial charge in [0, 0.05) is 34.7 Å². The fourth-order valence-electron chi connectivity index (χ4n) is 2.98. The molecule has 0 saturated carbocycles. The summed E-state index contributed by atoms with van der Waals surface area (Å²) in [6.45, 7) is 6.35. The predicted molar refractivity (Wildman–Crippen MR) is 80.9 cm³/mol. The minimum Gasteiger partial charge on any atom is -0.329 e. The minimum absolute atomic E-state index is 0.275. The van der Waals surface area contributed by atoms with Gasteiger partial charge in [0.15, 0.2) is 0 Å². The van der Waals surface area contributed by atoms with E-state index < -0.39 is 0 Å². The van der Waals surface area contributed by atoms with E-state index in [4.69, 9.17) is 17.3 Å². The Kier molecular flexibility index (Phi) is 4.70. The monoisotopic (exact) mass is 330 g/mol. The number of nitrogens with two attached hydrogens (primary N) is 1. The zero-order valence-corrected chi connectivity index (χ0v) is 13.2. The van der Waals surface area contributed by atoms with Crippen molar-refractivity contribution in [2.24, 2.45) is 11.7 Å². The van der Waals surface area contributed by atoms with Gasteiger partial charge < -0.3 is 5.73 Å². The molecule has 0 aliphatic carbocycles. The summed E-state index contributed by atoms with van der Waals surface area (Å²) >= 11 is 9.61. The molecule has 100 valence electrons. The van der Waals surface area contributed by atoms with Crippen molar-refractivity contribution in [2.45, 2.75) is 32.4 Å². The summed E-state index contributed by atoms with van der Waals surface area (Å²) in [5, 5.41) is 0.754. The number of halogens is 2. The van der Waals surface area contributed by atoms with Gasteiger partial charge in [0.2, 0.25) is 0 Å². The van der Waals surface area contributed by atoms with Gasteiger partial charge in [-0.3, -0.25) is 4.90 Å². The third-order valence-electron chi connectivity index (χ3n) is 3.78. The third kappa shape index (κ3) is 2.90. The van der Waals surface area contributed by atoms with E-state index in [1.807, 2.05) is 12.1 Å². The van der Waals surface area contributed by atoms with E-state index in [9.17, 15) is 0 Å². The molecule has 3 unspecified atom stereocenters. The second-order valence-electron chi connectivity index (χ2n) is 5.30. The second-order valence-corrected chi connectivity index (χ2v) is 6.59. The van der Waals surface area contributed by atoms with Crippen molar-refractivity contribution in [1.29, 1.82) is 0 Å². The molecular formula is C14H20BrClN2. The SMILES string of the molecule is CC1CC(C)N(C(CN)c2ccc(Cl)cc2Br)C1. The first kappa shape index (κ1) is 14.3. The number of hydrogen-bond donors (Lipinski definition) is 1. The van der Waals surface area contributed by atoms with Gasteiger partial charge in [0.1, 0.15) is 0 Å². The zero-order valence-electron chi connectivity index (χ0n) is 10.9. The van der Waals surface area contributed by atoms with Crippen molar-refractivity contribution < 1.29 is 0 Å². The third-order valence-corrected chi connectivity index (χ3v) is 4.70. The predicted octanol–water partition coefficient (Wildman–Crippen LogP) is 3.83. The molecule has 1 aromatic rings. The maximum absolute atomic E-state index is 6.00. The summed E-state index contributed by atoms with van der Waals surface area (Å²) in [6.07, 6.45) is 1.25. The van der Waals surface area contributed by atoms with Gasteiger partial charge in [-0.15, -0.1) is 0 Å². The van der Waals surface area contributed by atoms with Crippen molar-refractivity contribution in [3.63, 3.8) is 0 Å². The lowest BCUT2D eigenvalue weighted by Gasteiger charge is -2.31. The van der Waals surface area contributed by atoms with Crippen molar-refractivity contribution in [1.82, 2.24) is 4.90 Å². The van der Waals surface area contributed by atoms with Crippen molar-refractivity contribution >= 4 is 27.5 Å². The molecule has 4 heteroatoms. The van der Waals surface area contributed by atoms with Gasteiger partial charge in [-0.1, -0.05) is 40.5 Å². The van der Waals surface area contributed by atoms with E-state index in [1.54, 1.807) is 0 Å². The molecule has 0 radical (unpaired) electrons. The Morgan fingerprint density at radius 3 is 2.72 bits per heavy atom. The second kappa shape index (κ2) is 5.91. The van der Waals surface area contributed by atoms with Crippen LogP contribution in [0, 0.1) is 5.92 Å². The highest BCUT2D eigenvalue weighted by Crippen LogP contribution is 2.35. The van der Waals surface area contributed by atoms with Crippen LogP contribution in [-0.4, -0.2) is 24.0 Å². The van der Waals surface area contributed by atoms with Gasteiger partial charge >= 0.3 is 0 Å². The minimum atomic E-state index is 0.275. The molecule has 1 fully saturated rings. The molecule has 2 nitrogen and oxygen atoms in total. The average Bonchev–Trinajstić information content (AvgIpc) is 2.62. The first-order valence-electron chi connectivity index (χ1n) is 6.43. The van der Waals surface area contributed by atoms with Crippen molar-refractivity contribution in [2.75, 3.05) is 13.1 Å². The smallest absolute Gasteiger partial charge is 0.0484 e. The molecule has 0 spiro atoms. The Morgan fingerprint density at radius 1 is 1.50 bits per heavy atom. The van der Waals surface area contributed by atoms with Crippen LogP contribution in [-0.2, 0) is 0 Å². The Hall–Kier alpha value is -0.0900. The number of benzene rings is 1. The average molecular weight is 332 g/mol. The Labute approximate surface area is 123 Å². The largest absolute Gasteiger partial charge is 0.329 e. The number of likely N-dealkylation sites (tertiary alicyclic amines) is 1. The summed E-state index contributed by atoms with van der Waals surface area (Å²) in [6, 6.07) is 6.84. The summed E-state index contributed by atoms with van der Waals surface area (Å²) < 4.78 is 1.05. The Balaban J connectivity index is 2.28. The maximum Gasteiger partial charge on any atom is 0.0484 e.